The summed E-state index contributed by atoms with van der Waals surface area (Å²) in [5.74, 6) is 0.567. The van der Waals surface area contributed by atoms with Gasteiger partial charge in [-0.25, -0.2) is 0 Å². The smallest absolute Gasteiger partial charge is 0.0651 e. The summed E-state index contributed by atoms with van der Waals surface area (Å²) in [6, 6.07) is 0. The van der Waals surface area contributed by atoms with Crippen molar-refractivity contribution in [3.05, 3.63) is 12.2 Å². The van der Waals surface area contributed by atoms with Gasteiger partial charge in [0, 0.05) is 19.1 Å². The lowest BCUT2D eigenvalue weighted by Gasteiger charge is -2.21. The first-order chi connectivity index (χ1) is 5.93. The van der Waals surface area contributed by atoms with E-state index in [2.05, 4.69) is 0 Å². The third-order valence-electron chi connectivity index (χ3n) is 1.85. The number of alkyl halides is 1. The van der Waals surface area contributed by atoms with Crippen molar-refractivity contribution >= 4 is 11.6 Å². The summed E-state index contributed by atoms with van der Waals surface area (Å²) < 4.78 is 10.8. The molecule has 3 heteroatoms. The number of allylic oxidation sites excluding steroid dienone is 1. The Hall–Kier alpha value is -0.0500. The van der Waals surface area contributed by atoms with E-state index in [4.69, 9.17) is 21.1 Å². The fourth-order valence-electron chi connectivity index (χ4n) is 1.17. The third kappa shape index (κ3) is 4.10. The molecule has 1 saturated heterocycles. The van der Waals surface area contributed by atoms with Crippen molar-refractivity contribution in [2.45, 2.75) is 18.9 Å². The highest BCUT2D eigenvalue weighted by Gasteiger charge is 2.12. The topological polar surface area (TPSA) is 18.5 Å². The van der Waals surface area contributed by atoms with E-state index in [1.54, 1.807) is 0 Å². The van der Waals surface area contributed by atoms with E-state index in [-0.39, 0.29) is 0 Å². The zero-order chi connectivity index (χ0) is 8.65. The minimum absolute atomic E-state index is 0.388. The minimum atomic E-state index is 0.388. The fourth-order valence-corrected chi connectivity index (χ4v) is 1.29. The van der Waals surface area contributed by atoms with Gasteiger partial charge < -0.3 is 9.47 Å². The van der Waals surface area contributed by atoms with Crippen LogP contribution in [-0.2, 0) is 9.47 Å². The molecule has 0 aromatic carbocycles. The zero-order valence-corrected chi connectivity index (χ0v) is 7.93. The van der Waals surface area contributed by atoms with E-state index < -0.39 is 0 Å². The van der Waals surface area contributed by atoms with Crippen LogP contribution in [0.5, 0.6) is 0 Å². The number of hydrogen-bond acceptors (Lipinski definition) is 2. The molecule has 0 aromatic rings. The Balaban J connectivity index is 2.01. The highest BCUT2D eigenvalue weighted by atomic mass is 35.5. The van der Waals surface area contributed by atoms with Crippen LogP contribution in [0.3, 0.4) is 0 Å². The fraction of sp³-hybridized carbons (Fsp3) is 0.778. The largest absolute Gasteiger partial charge is 0.381 e. The highest BCUT2D eigenvalue weighted by Crippen LogP contribution is 2.09. The molecule has 1 aliphatic rings. The monoisotopic (exact) mass is 190 g/mol. The van der Waals surface area contributed by atoms with Gasteiger partial charge in [-0.3, -0.25) is 0 Å². The van der Waals surface area contributed by atoms with Gasteiger partial charge in [-0.05, 0) is 12.8 Å². The summed E-state index contributed by atoms with van der Waals surface area (Å²) in [6.07, 6.45) is 6.30. The van der Waals surface area contributed by atoms with Gasteiger partial charge in [0.15, 0.2) is 0 Å². The van der Waals surface area contributed by atoms with Crippen LogP contribution in [0.2, 0.25) is 0 Å². The standard InChI is InChI=1S/C9H15ClO2/c10-5-1-2-6-12-9-3-7-11-8-4-9/h1-2,9H,3-8H2. The van der Waals surface area contributed by atoms with Crippen molar-refractivity contribution in [1.29, 1.82) is 0 Å². The Bertz CT molecular complexity index is 130. The first kappa shape index (κ1) is 10.0. The minimum Gasteiger partial charge on any atom is -0.381 e. The van der Waals surface area contributed by atoms with Crippen molar-refractivity contribution in [1.82, 2.24) is 0 Å². The normalized spacial score (nSPS) is 20.4. The van der Waals surface area contributed by atoms with E-state index in [0.29, 0.717) is 18.6 Å². The van der Waals surface area contributed by atoms with Crippen molar-refractivity contribution in [2.24, 2.45) is 0 Å². The lowest BCUT2D eigenvalue weighted by molar-refractivity contribution is -0.0222. The molecule has 0 atom stereocenters. The molecule has 0 bridgehead atoms. The Kier molecular flexibility index (Phi) is 5.41. The molecule has 2 nitrogen and oxygen atoms in total. The summed E-state index contributed by atoms with van der Waals surface area (Å²) in [7, 11) is 0. The second kappa shape index (κ2) is 6.46. The average Bonchev–Trinajstić information content (AvgIpc) is 2.14. The Morgan fingerprint density at radius 1 is 1.33 bits per heavy atom. The third-order valence-corrected chi connectivity index (χ3v) is 2.03. The lowest BCUT2D eigenvalue weighted by Crippen LogP contribution is -2.23. The van der Waals surface area contributed by atoms with Gasteiger partial charge >= 0.3 is 0 Å². The maximum Gasteiger partial charge on any atom is 0.0651 e. The molecule has 1 fully saturated rings. The molecule has 1 rings (SSSR count). The maximum atomic E-state index is 5.56. The summed E-state index contributed by atoms with van der Waals surface area (Å²) in [6.45, 7) is 2.35. The van der Waals surface area contributed by atoms with Gasteiger partial charge in [0.2, 0.25) is 0 Å². The van der Waals surface area contributed by atoms with Gasteiger partial charge in [0.05, 0.1) is 12.7 Å². The van der Waals surface area contributed by atoms with Crippen molar-refractivity contribution in [2.75, 3.05) is 25.7 Å². The van der Waals surface area contributed by atoms with Crippen LogP contribution in [0.1, 0.15) is 12.8 Å². The number of hydrogen-bond donors (Lipinski definition) is 0. The molecule has 1 heterocycles. The molecule has 0 saturated carbocycles. The van der Waals surface area contributed by atoms with Gasteiger partial charge in [0.25, 0.3) is 0 Å². The van der Waals surface area contributed by atoms with Crippen LogP contribution in [0.15, 0.2) is 12.2 Å². The van der Waals surface area contributed by atoms with Crippen LogP contribution in [0.25, 0.3) is 0 Å². The molecule has 0 aliphatic carbocycles. The summed E-state index contributed by atoms with van der Waals surface area (Å²) in [5, 5.41) is 0. The first-order valence-corrected chi connectivity index (χ1v) is 4.87. The maximum absolute atomic E-state index is 5.56. The second-order valence-electron chi connectivity index (χ2n) is 2.77. The van der Waals surface area contributed by atoms with Crippen molar-refractivity contribution < 1.29 is 9.47 Å². The van der Waals surface area contributed by atoms with Crippen LogP contribution in [-0.4, -0.2) is 31.8 Å². The molecule has 0 spiro atoms. The molecular formula is C9H15ClO2. The van der Waals surface area contributed by atoms with Gasteiger partial charge in [-0.15, -0.1) is 11.6 Å². The Morgan fingerprint density at radius 2 is 2.08 bits per heavy atom. The quantitative estimate of drug-likeness (QED) is 0.499. The van der Waals surface area contributed by atoms with Gasteiger partial charge in [-0.1, -0.05) is 12.2 Å². The molecule has 0 aromatic heterocycles. The molecule has 70 valence electrons. The average molecular weight is 191 g/mol. The van der Waals surface area contributed by atoms with Crippen molar-refractivity contribution in [3.63, 3.8) is 0 Å². The van der Waals surface area contributed by atoms with Crippen LogP contribution in [0, 0.1) is 0 Å². The first-order valence-electron chi connectivity index (χ1n) is 4.34. The van der Waals surface area contributed by atoms with E-state index in [1.165, 1.54) is 0 Å². The van der Waals surface area contributed by atoms with E-state index >= 15 is 0 Å². The summed E-state index contributed by atoms with van der Waals surface area (Å²) in [5.41, 5.74) is 0. The molecule has 0 N–H and O–H groups in total. The lowest BCUT2D eigenvalue weighted by atomic mass is 10.2. The highest BCUT2D eigenvalue weighted by molar-refractivity contribution is 6.18. The number of rotatable bonds is 4. The molecule has 0 amide bonds. The predicted molar refractivity (Wildman–Crippen MR) is 49.7 cm³/mol. The summed E-state index contributed by atoms with van der Waals surface area (Å²) in [4.78, 5) is 0. The molecule has 0 unspecified atom stereocenters. The van der Waals surface area contributed by atoms with Crippen molar-refractivity contribution in [3.8, 4) is 0 Å². The van der Waals surface area contributed by atoms with Crippen LogP contribution >= 0.6 is 11.6 Å². The molecule has 0 radical (unpaired) electrons. The Morgan fingerprint density at radius 3 is 2.75 bits per heavy atom. The van der Waals surface area contributed by atoms with E-state index in [9.17, 15) is 0 Å². The molecule has 12 heavy (non-hydrogen) atoms. The number of ether oxygens (including phenoxy) is 2. The zero-order valence-electron chi connectivity index (χ0n) is 7.17. The summed E-state index contributed by atoms with van der Waals surface area (Å²) >= 11 is 5.46. The van der Waals surface area contributed by atoms with E-state index in [1.807, 2.05) is 12.2 Å². The second-order valence-corrected chi connectivity index (χ2v) is 3.08. The van der Waals surface area contributed by atoms with E-state index in [0.717, 1.165) is 26.1 Å². The van der Waals surface area contributed by atoms with Gasteiger partial charge in [0.1, 0.15) is 0 Å². The molecular weight excluding hydrogens is 176 g/mol. The van der Waals surface area contributed by atoms with Crippen LogP contribution in [0.4, 0.5) is 0 Å². The number of halogens is 1. The Labute approximate surface area is 78.5 Å². The predicted octanol–water partition coefficient (Wildman–Crippen LogP) is 1.98. The SMILES string of the molecule is ClCC=CCOC1CCOCC1. The molecule has 1 aliphatic heterocycles. The van der Waals surface area contributed by atoms with Crippen LogP contribution < -0.4 is 0 Å². The van der Waals surface area contributed by atoms with Gasteiger partial charge in [-0.2, -0.15) is 0 Å².